The van der Waals surface area contributed by atoms with E-state index in [1.54, 1.807) is 0 Å². The third-order valence-corrected chi connectivity index (χ3v) is 4.42. The van der Waals surface area contributed by atoms with Crippen molar-refractivity contribution in [3.63, 3.8) is 0 Å². The second-order valence-corrected chi connectivity index (χ2v) is 7.41. The maximum atomic E-state index is 13.6. The number of benzene rings is 1. The summed E-state index contributed by atoms with van der Waals surface area (Å²) in [4.78, 5) is 16.6. The van der Waals surface area contributed by atoms with Gasteiger partial charge in [-0.25, -0.2) is 13.8 Å². The summed E-state index contributed by atoms with van der Waals surface area (Å²) in [6, 6.07) is 2.82. The fourth-order valence-electron chi connectivity index (χ4n) is 2.04. The first kappa shape index (κ1) is 17.5. The molecule has 0 aliphatic carbocycles. The molecule has 2 rings (SSSR count). The van der Waals surface area contributed by atoms with Crippen LogP contribution in [0.1, 0.15) is 50.0 Å². The van der Waals surface area contributed by atoms with Gasteiger partial charge in [-0.1, -0.05) is 20.8 Å². The normalized spacial score (nSPS) is 13.0. The summed E-state index contributed by atoms with van der Waals surface area (Å²) < 4.78 is 26.7. The standard InChI is InChI=1S/C17H20F2N2OS/c1-10(16-21-14(9-23-16)17(2,3)4)20-15(22)8-11-7-12(18)5-6-13(11)19/h5-7,9-10H,8H2,1-4H3,(H,20,22). The molecule has 0 spiro atoms. The molecule has 1 aromatic heterocycles. The number of carbonyl (C=O) groups is 1. The fraction of sp³-hybridized carbons (Fsp3) is 0.412. The van der Waals surface area contributed by atoms with Crippen LogP contribution in [-0.2, 0) is 16.6 Å². The van der Waals surface area contributed by atoms with Crippen molar-refractivity contribution in [3.8, 4) is 0 Å². The van der Waals surface area contributed by atoms with E-state index in [2.05, 4.69) is 31.1 Å². The summed E-state index contributed by atoms with van der Waals surface area (Å²) in [6.45, 7) is 8.04. The van der Waals surface area contributed by atoms with E-state index < -0.39 is 11.6 Å². The zero-order chi connectivity index (χ0) is 17.2. The highest BCUT2D eigenvalue weighted by molar-refractivity contribution is 7.09. The van der Waals surface area contributed by atoms with Crippen molar-refractivity contribution in [1.29, 1.82) is 0 Å². The smallest absolute Gasteiger partial charge is 0.225 e. The van der Waals surface area contributed by atoms with Crippen molar-refractivity contribution in [2.24, 2.45) is 0 Å². The van der Waals surface area contributed by atoms with Gasteiger partial charge in [-0.05, 0) is 25.1 Å². The van der Waals surface area contributed by atoms with Crippen LogP contribution in [0.5, 0.6) is 0 Å². The zero-order valence-corrected chi connectivity index (χ0v) is 14.4. The van der Waals surface area contributed by atoms with Gasteiger partial charge < -0.3 is 5.32 Å². The van der Waals surface area contributed by atoms with Crippen LogP contribution in [0.15, 0.2) is 23.6 Å². The molecule has 124 valence electrons. The van der Waals surface area contributed by atoms with Gasteiger partial charge in [-0.3, -0.25) is 4.79 Å². The Morgan fingerprint density at radius 2 is 2.04 bits per heavy atom. The Hall–Kier alpha value is -1.82. The highest BCUT2D eigenvalue weighted by Gasteiger charge is 2.20. The number of nitrogens with one attached hydrogen (secondary N) is 1. The lowest BCUT2D eigenvalue weighted by molar-refractivity contribution is -0.121. The van der Waals surface area contributed by atoms with Gasteiger partial charge in [0.25, 0.3) is 0 Å². The van der Waals surface area contributed by atoms with Gasteiger partial charge in [0.2, 0.25) is 5.91 Å². The molecule has 0 aliphatic rings. The average molecular weight is 338 g/mol. The third kappa shape index (κ3) is 4.58. The van der Waals surface area contributed by atoms with Gasteiger partial charge in [0.1, 0.15) is 16.6 Å². The Balaban J connectivity index is 2.02. The van der Waals surface area contributed by atoms with Crippen LogP contribution >= 0.6 is 11.3 Å². The second kappa shape index (κ2) is 6.74. The predicted octanol–water partition coefficient (Wildman–Crippen LogP) is 4.14. The van der Waals surface area contributed by atoms with E-state index in [9.17, 15) is 13.6 Å². The summed E-state index contributed by atoms with van der Waals surface area (Å²) in [5.41, 5.74) is 0.961. The van der Waals surface area contributed by atoms with Crippen molar-refractivity contribution < 1.29 is 13.6 Å². The maximum absolute atomic E-state index is 13.6. The Labute approximate surface area is 138 Å². The Morgan fingerprint density at radius 3 is 2.65 bits per heavy atom. The van der Waals surface area contributed by atoms with Crippen molar-refractivity contribution in [2.45, 2.75) is 45.6 Å². The van der Waals surface area contributed by atoms with Crippen LogP contribution in [0.2, 0.25) is 0 Å². The van der Waals surface area contributed by atoms with Crippen molar-refractivity contribution in [3.05, 3.63) is 51.5 Å². The van der Waals surface area contributed by atoms with Gasteiger partial charge in [0.05, 0.1) is 18.2 Å². The topological polar surface area (TPSA) is 42.0 Å². The van der Waals surface area contributed by atoms with E-state index in [1.165, 1.54) is 11.3 Å². The van der Waals surface area contributed by atoms with Crippen LogP contribution in [0.3, 0.4) is 0 Å². The van der Waals surface area contributed by atoms with Gasteiger partial charge in [-0.2, -0.15) is 0 Å². The molecule has 1 atom stereocenters. The zero-order valence-electron chi connectivity index (χ0n) is 13.6. The van der Waals surface area contributed by atoms with Gasteiger partial charge in [-0.15, -0.1) is 11.3 Å². The number of halogens is 2. The minimum Gasteiger partial charge on any atom is -0.347 e. The highest BCUT2D eigenvalue weighted by Crippen LogP contribution is 2.26. The molecular weight excluding hydrogens is 318 g/mol. The molecule has 1 unspecified atom stereocenters. The molecule has 23 heavy (non-hydrogen) atoms. The van der Waals surface area contributed by atoms with Crippen LogP contribution in [-0.4, -0.2) is 10.9 Å². The quantitative estimate of drug-likeness (QED) is 0.910. The molecule has 1 N–H and O–H groups in total. The van der Waals surface area contributed by atoms with Gasteiger partial charge in [0.15, 0.2) is 0 Å². The fourth-order valence-corrected chi connectivity index (χ4v) is 3.09. The van der Waals surface area contributed by atoms with Gasteiger partial charge >= 0.3 is 0 Å². The molecule has 6 heteroatoms. The number of rotatable bonds is 4. The molecule has 0 saturated heterocycles. The van der Waals surface area contributed by atoms with Crippen molar-refractivity contribution in [2.75, 3.05) is 0 Å². The van der Waals surface area contributed by atoms with Crippen LogP contribution in [0.25, 0.3) is 0 Å². The Kier molecular flexibility index (Phi) is 5.14. The molecule has 3 nitrogen and oxygen atoms in total. The summed E-state index contributed by atoms with van der Waals surface area (Å²) in [6.07, 6.45) is -0.203. The number of hydrogen-bond donors (Lipinski definition) is 1. The third-order valence-electron chi connectivity index (χ3n) is 3.40. The lowest BCUT2D eigenvalue weighted by Crippen LogP contribution is -2.28. The predicted molar refractivity (Wildman–Crippen MR) is 87.4 cm³/mol. The molecule has 0 saturated carbocycles. The molecule has 1 amide bonds. The summed E-state index contributed by atoms with van der Waals surface area (Å²) in [7, 11) is 0. The number of thiazole rings is 1. The summed E-state index contributed by atoms with van der Waals surface area (Å²) >= 11 is 1.48. The van der Waals surface area contributed by atoms with Crippen LogP contribution < -0.4 is 5.32 Å². The second-order valence-electron chi connectivity index (χ2n) is 6.52. The first-order valence-electron chi connectivity index (χ1n) is 7.36. The molecule has 0 fully saturated rings. The maximum Gasteiger partial charge on any atom is 0.225 e. The van der Waals surface area contributed by atoms with E-state index >= 15 is 0 Å². The first-order valence-corrected chi connectivity index (χ1v) is 8.24. The molecule has 0 radical (unpaired) electrons. The minimum atomic E-state index is -0.585. The molecule has 0 aliphatic heterocycles. The molecule has 2 aromatic rings. The number of aromatic nitrogens is 1. The van der Waals surface area contributed by atoms with Gasteiger partial charge in [0, 0.05) is 16.4 Å². The minimum absolute atomic E-state index is 0.0456. The van der Waals surface area contributed by atoms with Crippen LogP contribution in [0, 0.1) is 11.6 Å². The number of hydrogen-bond acceptors (Lipinski definition) is 3. The van der Waals surface area contributed by atoms with E-state index in [-0.39, 0.29) is 29.3 Å². The van der Waals surface area contributed by atoms with Crippen LogP contribution in [0.4, 0.5) is 8.78 Å². The van der Waals surface area contributed by atoms with Crippen molar-refractivity contribution in [1.82, 2.24) is 10.3 Å². The number of amides is 1. The Morgan fingerprint density at radius 1 is 1.35 bits per heavy atom. The SMILES string of the molecule is CC(NC(=O)Cc1cc(F)ccc1F)c1nc(C(C)(C)C)cs1. The largest absolute Gasteiger partial charge is 0.347 e. The molecule has 1 aromatic carbocycles. The number of nitrogens with zero attached hydrogens (tertiary/aromatic N) is 1. The lowest BCUT2D eigenvalue weighted by Gasteiger charge is -2.15. The van der Waals surface area contributed by atoms with E-state index in [0.717, 1.165) is 28.9 Å². The number of carbonyl (C=O) groups excluding carboxylic acids is 1. The first-order chi connectivity index (χ1) is 10.7. The summed E-state index contributed by atoms with van der Waals surface area (Å²) in [5, 5.41) is 5.55. The molecular formula is C17H20F2N2OS. The van der Waals surface area contributed by atoms with E-state index in [1.807, 2.05) is 12.3 Å². The average Bonchev–Trinajstić information content (AvgIpc) is 2.92. The highest BCUT2D eigenvalue weighted by atomic mass is 32.1. The molecule has 1 heterocycles. The van der Waals surface area contributed by atoms with Crippen molar-refractivity contribution >= 4 is 17.2 Å². The summed E-state index contributed by atoms with van der Waals surface area (Å²) in [5.74, 6) is -1.51. The lowest BCUT2D eigenvalue weighted by atomic mass is 9.93. The monoisotopic (exact) mass is 338 g/mol. The van der Waals surface area contributed by atoms with E-state index in [0.29, 0.717) is 0 Å². The Bertz CT molecular complexity index is 707. The van der Waals surface area contributed by atoms with E-state index in [4.69, 9.17) is 0 Å². The molecule has 0 bridgehead atoms.